The minimum Gasteiger partial charge on any atom is -0.489 e. The van der Waals surface area contributed by atoms with Crippen LogP contribution in [0.4, 0.5) is 0 Å². The summed E-state index contributed by atoms with van der Waals surface area (Å²) in [6, 6.07) is 26.0. The van der Waals surface area contributed by atoms with Gasteiger partial charge >= 0.3 is 5.63 Å². The van der Waals surface area contributed by atoms with E-state index in [1.807, 2.05) is 42.5 Å². The van der Waals surface area contributed by atoms with E-state index < -0.39 is 0 Å². The number of halogens is 1. The highest BCUT2D eigenvalue weighted by Crippen LogP contribution is 2.25. The Morgan fingerprint density at radius 2 is 1.50 bits per heavy atom. The van der Waals surface area contributed by atoms with Crippen LogP contribution < -0.4 is 10.4 Å². The number of piperazine rings is 1. The third kappa shape index (κ3) is 5.76. The minimum atomic E-state index is -0.324. The Balaban J connectivity index is 1.23. The molecule has 0 N–H and O–H groups in total. The Hall–Kier alpha value is -2.93. The second kappa shape index (κ2) is 10.6. The lowest BCUT2D eigenvalue weighted by atomic mass is 10.1. The summed E-state index contributed by atoms with van der Waals surface area (Å²) >= 11 is 3.45. The van der Waals surface area contributed by atoms with E-state index in [2.05, 4.69) is 56.1 Å². The monoisotopic (exact) mass is 518 g/mol. The molecule has 1 aromatic heterocycles. The first-order valence-corrected chi connectivity index (χ1v) is 12.3. The van der Waals surface area contributed by atoms with Gasteiger partial charge in [-0.05, 0) is 41.0 Å². The van der Waals surface area contributed by atoms with Crippen molar-refractivity contribution in [3.63, 3.8) is 0 Å². The van der Waals surface area contributed by atoms with Gasteiger partial charge in [-0.3, -0.25) is 9.80 Å². The van der Waals surface area contributed by atoms with E-state index in [0.717, 1.165) is 60.3 Å². The maximum absolute atomic E-state index is 12.3. The quantitative estimate of drug-likeness (QED) is 0.304. The molecule has 1 saturated heterocycles. The number of nitrogens with zero attached hydrogens (tertiary/aromatic N) is 2. The van der Waals surface area contributed by atoms with Crippen molar-refractivity contribution in [1.82, 2.24) is 9.80 Å². The van der Waals surface area contributed by atoms with Crippen LogP contribution in [0.1, 0.15) is 16.7 Å². The summed E-state index contributed by atoms with van der Waals surface area (Å²) in [7, 11) is 0. The largest absolute Gasteiger partial charge is 0.489 e. The summed E-state index contributed by atoms with van der Waals surface area (Å²) in [6.45, 7) is 6.16. The van der Waals surface area contributed by atoms with Crippen LogP contribution in [0.25, 0.3) is 11.0 Å². The Morgan fingerprint density at radius 1 is 0.794 bits per heavy atom. The molecule has 0 amide bonds. The van der Waals surface area contributed by atoms with Crippen molar-refractivity contribution in [1.29, 1.82) is 0 Å². The van der Waals surface area contributed by atoms with Gasteiger partial charge in [0.1, 0.15) is 17.9 Å². The van der Waals surface area contributed by atoms with Gasteiger partial charge in [-0.15, -0.1) is 0 Å². The Bertz CT molecular complexity index is 1300. The van der Waals surface area contributed by atoms with Crippen LogP contribution in [-0.2, 0) is 19.7 Å². The molecule has 0 aliphatic carbocycles. The lowest BCUT2D eigenvalue weighted by Gasteiger charge is -2.34. The number of fused-ring (bicyclic) bond motifs is 1. The number of rotatable bonds is 7. The molecule has 34 heavy (non-hydrogen) atoms. The van der Waals surface area contributed by atoms with Crippen LogP contribution in [0.5, 0.6) is 5.75 Å². The summed E-state index contributed by atoms with van der Waals surface area (Å²) in [5.41, 5.74) is 3.67. The smallest absolute Gasteiger partial charge is 0.336 e. The van der Waals surface area contributed by atoms with Crippen LogP contribution in [0.15, 0.2) is 92.5 Å². The average molecular weight is 519 g/mol. The first-order valence-electron chi connectivity index (χ1n) is 11.5. The molecule has 4 aromatic rings. The van der Waals surface area contributed by atoms with E-state index in [4.69, 9.17) is 9.15 Å². The minimum absolute atomic E-state index is 0.324. The van der Waals surface area contributed by atoms with E-state index in [1.54, 1.807) is 6.07 Å². The van der Waals surface area contributed by atoms with E-state index in [1.165, 1.54) is 5.56 Å². The molecule has 0 bridgehead atoms. The normalized spacial score (nSPS) is 15.0. The van der Waals surface area contributed by atoms with Gasteiger partial charge in [0, 0.05) is 61.3 Å². The molecule has 5 rings (SSSR count). The topological polar surface area (TPSA) is 45.9 Å². The van der Waals surface area contributed by atoms with Gasteiger partial charge in [-0.2, -0.15) is 0 Å². The first kappa shape index (κ1) is 22.8. The third-order valence-electron chi connectivity index (χ3n) is 6.23. The van der Waals surface area contributed by atoms with E-state index >= 15 is 0 Å². The summed E-state index contributed by atoms with van der Waals surface area (Å²) in [4.78, 5) is 17.2. The van der Waals surface area contributed by atoms with Crippen molar-refractivity contribution in [2.75, 3.05) is 26.2 Å². The van der Waals surface area contributed by atoms with Gasteiger partial charge in [-0.25, -0.2) is 4.79 Å². The zero-order chi connectivity index (χ0) is 23.3. The maximum Gasteiger partial charge on any atom is 0.336 e. The summed E-state index contributed by atoms with van der Waals surface area (Å²) < 4.78 is 12.5. The molecule has 3 aromatic carbocycles. The highest BCUT2D eigenvalue weighted by molar-refractivity contribution is 9.10. The molecule has 0 saturated carbocycles. The fourth-order valence-corrected chi connectivity index (χ4v) is 4.63. The van der Waals surface area contributed by atoms with Crippen molar-refractivity contribution in [3.05, 3.63) is 110 Å². The second-order valence-electron chi connectivity index (χ2n) is 8.70. The van der Waals surface area contributed by atoms with Crippen LogP contribution in [0.2, 0.25) is 0 Å². The SMILES string of the molecule is O=c1cc(CN2CCN(Cc3ccccc3)CC2)c2ccc(OCc3ccc(Br)cc3)cc2o1. The molecular weight excluding hydrogens is 492 g/mol. The first-order chi connectivity index (χ1) is 16.6. The lowest BCUT2D eigenvalue weighted by molar-refractivity contribution is 0.122. The zero-order valence-corrected chi connectivity index (χ0v) is 20.5. The number of hydrogen-bond acceptors (Lipinski definition) is 5. The zero-order valence-electron chi connectivity index (χ0n) is 19.0. The van der Waals surface area contributed by atoms with Crippen molar-refractivity contribution in [2.45, 2.75) is 19.7 Å². The fourth-order valence-electron chi connectivity index (χ4n) is 4.37. The molecule has 0 atom stereocenters. The van der Waals surface area contributed by atoms with Crippen LogP contribution in [-0.4, -0.2) is 36.0 Å². The molecule has 0 spiro atoms. The molecule has 0 unspecified atom stereocenters. The summed E-state index contributed by atoms with van der Waals surface area (Å²) in [5.74, 6) is 0.685. The molecule has 1 fully saturated rings. The summed E-state index contributed by atoms with van der Waals surface area (Å²) in [6.07, 6.45) is 0. The fraction of sp³-hybridized carbons (Fsp3) is 0.250. The van der Waals surface area contributed by atoms with Crippen LogP contribution in [0, 0.1) is 0 Å². The van der Waals surface area contributed by atoms with Gasteiger partial charge in [0.05, 0.1) is 0 Å². The van der Waals surface area contributed by atoms with Crippen LogP contribution in [0.3, 0.4) is 0 Å². The highest BCUT2D eigenvalue weighted by Gasteiger charge is 2.18. The van der Waals surface area contributed by atoms with Gasteiger partial charge < -0.3 is 9.15 Å². The van der Waals surface area contributed by atoms with E-state index in [9.17, 15) is 4.79 Å². The predicted molar refractivity (Wildman–Crippen MR) is 138 cm³/mol. The number of benzene rings is 3. The molecule has 5 nitrogen and oxygen atoms in total. The predicted octanol–water partition coefficient (Wildman–Crippen LogP) is 5.45. The van der Waals surface area contributed by atoms with Crippen LogP contribution >= 0.6 is 15.9 Å². The molecular formula is C28H27BrN2O3. The maximum atomic E-state index is 12.3. The van der Waals surface area contributed by atoms with Gasteiger partial charge in [-0.1, -0.05) is 58.4 Å². The summed E-state index contributed by atoms with van der Waals surface area (Å²) in [5, 5.41) is 0.960. The number of ether oxygens (including phenoxy) is 1. The highest BCUT2D eigenvalue weighted by atomic mass is 79.9. The van der Waals surface area contributed by atoms with Gasteiger partial charge in [0.25, 0.3) is 0 Å². The Labute approximate surface area is 207 Å². The molecule has 1 aliphatic heterocycles. The Morgan fingerprint density at radius 3 is 2.24 bits per heavy atom. The van der Waals surface area contributed by atoms with Crippen molar-refractivity contribution in [2.24, 2.45) is 0 Å². The van der Waals surface area contributed by atoms with Crippen molar-refractivity contribution >= 4 is 26.9 Å². The molecule has 2 heterocycles. The lowest BCUT2D eigenvalue weighted by Crippen LogP contribution is -2.45. The standard InChI is InChI=1S/C28H27BrN2O3/c29-24-8-6-22(7-9-24)20-33-25-10-11-26-23(16-28(32)34-27(26)17-25)19-31-14-12-30(13-15-31)18-21-4-2-1-3-5-21/h1-11,16-17H,12-15,18-20H2. The Kier molecular flexibility index (Phi) is 7.09. The van der Waals surface area contributed by atoms with Crippen molar-refractivity contribution in [3.8, 4) is 5.75 Å². The number of hydrogen-bond donors (Lipinski definition) is 0. The van der Waals surface area contributed by atoms with E-state index in [0.29, 0.717) is 17.9 Å². The van der Waals surface area contributed by atoms with E-state index in [-0.39, 0.29) is 5.63 Å². The van der Waals surface area contributed by atoms with Crippen molar-refractivity contribution < 1.29 is 9.15 Å². The molecule has 1 aliphatic rings. The average Bonchev–Trinajstić information content (AvgIpc) is 2.85. The third-order valence-corrected chi connectivity index (χ3v) is 6.76. The van der Waals surface area contributed by atoms with Gasteiger partial charge in [0.2, 0.25) is 0 Å². The second-order valence-corrected chi connectivity index (χ2v) is 9.62. The molecule has 0 radical (unpaired) electrons. The molecule has 6 heteroatoms. The van der Waals surface area contributed by atoms with Gasteiger partial charge in [0.15, 0.2) is 0 Å². The molecule has 174 valence electrons.